The summed E-state index contributed by atoms with van der Waals surface area (Å²) in [6.45, 7) is 7.82. The Bertz CT molecular complexity index is 1330. The van der Waals surface area contributed by atoms with E-state index in [0.717, 1.165) is 36.9 Å². The molecular weight excluding hydrogens is 520 g/mol. The first-order valence-corrected chi connectivity index (χ1v) is 14.6. The number of anilines is 2. The number of unbranched alkanes of at least 4 members (excludes halogenated alkanes) is 2. The van der Waals surface area contributed by atoms with Gasteiger partial charge in [-0.2, -0.15) is 0 Å². The number of hydrogen-bond donors (Lipinski definition) is 0. The first-order chi connectivity index (χ1) is 20.1. The zero-order valence-corrected chi connectivity index (χ0v) is 24.0. The summed E-state index contributed by atoms with van der Waals surface area (Å²) in [4.78, 5) is 35.3. The normalized spacial score (nSPS) is 19.9. The minimum atomic E-state index is -0.954. The maximum absolute atomic E-state index is 14.0. The molecular formula is C33H38N2O6. The van der Waals surface area contributed by atoms with Gasteiger partial charge in [-0.3, -0.25) is 14.4 Å². The number of imide groups is 1. The van der Waals surface area contributed by atoms with Crippen LogP contribution in [-0.2, 0) is 14.4 Å². The molecule has 2 aliphatic heterocycles. The number of nitrogens with zero attached hydrogens (tertiary/aromatic N) is 2. The van der Waals surface area contributed by atoms with Gasteiger partial charge in [0.1, 0.15) is 11.7 Å². The van der Waals surface area contributed by atoms with Gasteiger partial charge in [0.05, 0.1) is 37.2 Å². The Hall–Kier alpha value is -4.04. The highest BCUT2D eigenvalue weighted by Gasteiger charge is 2.60. The lowest BCUT2D eigenvalue weighted by Crippen LogP contribution is -2.37. The van der Waals surface area contributed by atoms with Gasteiger partial charge in [0.15, 0.2) is 17.6 Å². The summed E-state index contributed by atoms with van der Waals surface area (Å²) < 4.78 is 17.7. The van der Waals surface area contributed by atoms with Crippen LogP contribution in [-0.4, -0.2) is 37.7 Å². The van der Waals surface area contributed by atoms with E-state index in [4.69, 9.17) is 19.0 Å². The number of para-hydroxylation sites is 1. The number of benzene rings is 3. The Kier molecular flexibility index (Phi) is 9.09. The minimum absolute atomic E-state index is 0.302. The average Bonchev–Trinajstić information content (AvgIpc) is 3.50. The maximum atomic E-state index is 14.0. The monoisotopic (exact) mass is 558 g/mol. The first kappa shape index (κ1) is 28.5. The van der Waals surface area contributed by atoms with Gasteiger partial charge in [0.2, 0.25) is 5.91 Å². The third-order valence-electron chi connectivity index (χ3n) is 7.35. The predicted molar refractivity (Wildman–Crippen MR) is 157 cm³/mol. The average molecular weight is 559 g/mol. The van der Waals surface area contributed by atoms with E-state index < -0.39 is 18.1 Å². The van der Waals surface area contributed by atoms with Crippen LogP contribution in [0, 0.1) is 5.92 Å². The summed E-state index contributed by atoms with van der Waals surface area (Å²) in [6.07, 6.45) is 3.01. The van der Waals surface area contributed by atoms with Crippen molar-refractivity contribution in [3.63, 3.8) is 0 Å². The molecule has 0 aromatic heterocycles. The lowest BCUT2D eigenvalue weighted by molar-refractivity contribution is -0.126. The van der Waals surface area contributed by atoms with E-state index >= 15 is 0 Å². The Morgan fingerprint density at radius 3 is 2.12 bits per heavy atom. The number of ether oxygens (including phenoxy) is 3. The van der Waals surface area contributed by atoms with Gasteiger partial charge in [0, 0.05) is 0 Å². The fourth-order valence-electron chi connectivity index (χ4n) is 5.26. The standard InChI is InChI=1S/C33H38N2O6/c1-4-7-20-39-26-17-15-24(16-18-26)34-32(36)29-30(35(41-31(29)33(34)37)25-12-10-9-11-13-25)23-14-19-27(40-21-8-5-2)28(22-23)38-6-3/h9-19,22,29-31H,4-8,20-21H2,1-3H3/t29-,30+,31+/m0/s1. The highest BCUT2D eigenvalue weighted by Crippen LogP contribution is 2.48. The molecule has 0 saturated carbocycles. The topological polar surface area (TPSA) is 77.5 Å². The van der Waals surface area contributed by atoms with Gasteiger partial charge in [-0.15, -0.1) is 0 Å². The molecule has 41 heavy (non-hydrogen) atoms. The summed E-state index contributed by atoms with van der Waals surface area (Å²) in [7, 11) is 0. The van der Waals surface area contributed by atoms with Gasteiger partial charge in [-0.05, 0) is 73.9 Å². The molecule has 2 fully saturated rings. The van der Waals surface area contributed by atoms with Gasteiger partial charge in [-0.1, -0.05) is 51.0 Å². The number of hydrogen-bond acceptors (Lipinski definition) is 7. The van der Waals surface area contributed by atoms with E-state index in [-0.39, 0.29) is 11.8 Å². The predicted octanol–water partition coefficient (Wildman–Crippen LogP) is 6.49. The van der Waals surface area contributed by atoms with Gasteiger partial charge in [-0.25, -0.2) is 9.96 Å². The summed E-state index contributed by atoms with van der Waals surface area (Å²) in [5, 5.41) is 1.69. The Morgan fingerprint density at radius 2 is 1.44 bits per heavy atom. The molecule has 0 N–H and O–H groups in total. The number of carbonyl (C=O) groups excluding carboxylic acids is 2. The van der Waals surface area contributed by atoms with Crippen molar-refractivity contribution in [2.45, 2.75) is 58.6 Å². The molecule has 0 bridgehead atoms. The highest BCUT2D eigenvalue weighted by molar-refractivity contribution is 6.23. The van der Waals surface area contributed by atoms with Crippen LogP contribution in [0.3, 0.4) is 0 Å². The maximum Gasteiger partial charge on any atom is 0.266 e. The second-order valence-electron chi connectivity index (χ2n) is 10.2. The molecule has 8 nitrogen and oxygen atoms in total. The van der Waals surface area contributed by atoms with Gasteiger partial charge >= 0.3 is 0 Å². The molecule has 0 spiro atoms. The summed E-state index contributed by atoms with van der Waals surface area (Å²) >= 11 is 0. The third kappa shape index (κ3) is 5.88. The van der Waals surface area contributed by atoms with Crippen molar-refractivity contribution in [2.24, 2.45) is 5.92 Å². The molecule has 3 atom stereocenters. The number of carbonyl (C=O) groups is 2. The van der Waals surface area contributed by atoms with Crippen LogP contribution < -0.4 is 24.2 Å². The van der Waals surface area contributed by atoms with Crippen molar-refractivity contribution >= 4 is 23.2 Å². The summed E-state index contributed by atoms with van der Waals surface area (Å²) in [5.41, 5.74) is 2.06. The molecule has 2 saturated heterocycles. The van der Waals surface area contributed by atoms with Crippen molar-refractivity contribution < 1.29 is 28.6 Å². The van der Waals surface area contributed by atoms with Crippen molar-refractivity contribution in [1.29, 1.82) is 0 Å². The van der Waals surface area contributed by atoms with E-state index in [0.29, 0.717) is 42.8 Å². The van der Waals surface area contributed by atoms with Crippen LogP contribution in [0.15, 0.2) is 72.8 Å². The largest absolute Gasteiger partial charge is 0.494 e. The van der Waals surface area contributed by atoms with E-state index in [1.807, 2.05) is 55.5 Å². The molecule has 2 heterocycles. The number of fused-ring (bicyclic) bond motifs is 1. The molecule has 0 aliphatic carbocycles. The van der Waals surface area contributed by atoms with E-state index in [1.54, 1.807) is 29.3 Å². The van der Waals surface area contributed by atoms with Crippen LogP contribution in [0.25, 0.3) is 0 Å². The molecule has 2 aliphatic rings. The van der Waals surface area contributed by atoms with E-state index in [2.05, 4.69) is 13.8 Å². The number of amides is 2. The van der Waals surface area contributed by atoms with Crippen LogP contribution in [0.2, 0.25) is 0 Å². The summed E-state index contributed by atoms with van der Waals surface area (Å²) in [5.74, 6) is 0.532. The SMILES string of the molecule is CCCCOc1ccc(N2C(=O)[C@H]3[C@@H](c4ccc(OCCCC)c(OCC)c4)N(c4ccccc4)O[C@H]3C2=O)cc1. The van der Waals surface area contributed by atoms with Crippen LogP contribution in [0.1, 0.15) is 58.1 Å². The Morgan fingerprint density at radius 1 is 0.732 bits per heavy atom. The minimum Gasteiger partial charge on any atom is -0.494 e. The smallest absolute Gasteiger partial charge is 0.266 e. The molecule has 2 amide bonds. The van der Waals surface area contributed by atoms with E-state index in [1.165, 1.54) is 4.90 Å². The molecule has 8 heteroatoms. The molecule has 216 valence electrons. The summed E-state index contributed by atoms with van der Waals surface area (Å²) in [6, 6.07) is 21.8. The van der Waals surface area contributed by atoms with Crippen molar-refractivity contribution in [3.8, 4) is 17.2 Å². The second kappa shape index (κ2) is 13.1. The first-order valence-electron chi connectivity index (χ1n) is 14.6. The highest BCUT2D eigenvalue weighted by atomic mass is 16.7. The van der Waals surface area contributed by atoms with Gasteiger partial charge < -0.3 is 14.2 Å². The Labute approximate surface area is 241 Å². The van der Waals surface area contributed by atoms with Crippen molar-refractivity contribution in [3.05, 3.63) is 78.4 Å². The second-order valence-corrected chi connectivity index (χ2v) is 10.2. The molecule has 3 aromatic rings. The van der Waals surface area contributed by atoms with Gasteiger partial charge in [0.25, 0.3) is 5.91 Å². The lowest BCUT2D eigenvalue weighted by Gasteiger charge is -2.29. The Balaban J connectivity index is 1.47. The quantitative estimate of drug-likeness (QED) is 0.175. The van der Waals surface area contributed by atoms with E-state index in [9.17, 15) is 9.59 Å². The zero-order valence-electron chi connectivity index (χ0n) is 24.0. The molecule has 0 radical (unpaired) electrons. The number of hydroxylamine groups is 1. The third-order valence-corrected chi connectivity index (χ3v) is 7.35. The fraction of sp³-hybridized carbons (Fsp3) is 0.394. The van der Waals surface area contributed by atoms with Crippen LogP contribution in [0.4, 0.5) is 11.4 Å². The van der Waals surface area contributed by atoms with Crippen molar-refractivity contribution in [1.82, 2.24) is 0 Å². The molecule has 5 rings (SSSR count). The molecule has 0 unspecified atom stereocenters. The number of rotatable bonds is 13. The van der Waals surface area contributed by atoms with Crippen LogP contribution in [0.5, 0.6) is 17.2 Å². The fourth-order valence-corrected chi connectivity index (χ4v) is 5.26. The zero-order chi connectivity index (χ0) is 28.8. The van der Waals surface area contributed by atoms with Crippen molar-refractivity contribution in [2.75, 3.05) is 29.8 Å². The molecule has 3 aromatic carbocycles. The lowest BCUT2D eigenvalue weighted by atomic mass is 9.90. The van der Waals surface area contributed by atoms with Crippen LogP contribution >= 0.6 is 0 Å².